The van der Waals surface area contributed by atoms with Gasteiger partial charge in [0, 0.05) is 5.56 Å². The molecule has 2 N–H and O–H groups in total. The normalized spacial score (nSPS) is 12.4. The van der Waals surface area contributed by atoms with Crippen LogP contribution in [-0.2, 0) is 0 Å². The van der Waals surface area contributed by atoms with Crippen molar-refractivity contribution in [2.24, 2.45) is 5.73 Å². The van der Waals surface area contributed by atoms with Gasteiger partial charge < -0.3 is 5.73 Å². The first kappa shape index (κ1) is 10.8. The third-order valence-electron chi connectivity index (χ3n) is 2.68. The van der Waals surface area contributed by atoms with E-state index in [2.05, 4.69) is 0 Å². The van der Waals surface area contributed by atoms with Gasteiger partial charge in [-0.2, -0.15) is 0 Å². The third-order valence-corrected chi connectivity index (χ3v) is 2.68. The van der Waals surface area contributed by atoms with E-state index in [9.17, 15) is 4.39 Å². The molecule has 0 spiro atoms. The molecule has 0 amide bonds. The van der Waals surface area contributed by atoms with E-state index >= 15 is 0 Å². The first-order valence-corrected chi connectivity index (χ1v) is 5.25. The van der Waals surface area contributed by atoms with Crippen molar-refractivity contribution < 1.29 is 4.39 Å². The van der Waals surface area contributed by atoms with Crippen molar-refractivity contribution in [1.29, 1.82) is 0 Å². The molecule has 16 heavy (non-hydrogen) atoms. The maximum atomic E-state index is 13.5. The number of benzene rings is 2. The van der Waals surface area contributed by atoms with Gasteiger partial charge >= 0.3 is 0 Å². The molecule has 1 atom stereocenters. The maximum Gasteiger partial charge on any atom is 0.128 e. The molecule has 2 aromatic rings. The Kier molecular flexibility index (Phi) is 3.02. The number of hydrogen-bond donors (Lipinski definition) is 1. The highest BCUT2D eigenvalue weighted by molar-refractivity contribution is 5.33. The molecule has 0 unspecified atom stereocenters. The van der Waals surface area contributed by atoms with Crippen LogP contribution in [-0.4, -0.2) is 0 Å². The Labute approximate surface area is 94.7 Å². The zero-order valence-electron chi connectivity index (χ0n) is 9.15. The summed E-state index contributed by atoms with van der Waals surface area (Å²) in [4.78, 5) is 0. The first-order chi connectivity index (χ1) is 7.68. The van der Waals surface area contributed by atoms with E-state index in [-0.39, 0.29) is 5.82 Å². The fourth-order valence-corrected chi connectivity index (χ4v) is 1.68. The van der Waals surface area contributed by atoms with Gasteiger partial charge in [0.05, 0.1) is 6.04 Å². The van der Waals surface area contributed by atoms with Crippen LogP contribution in [0, 0.1) is 12.7 Å². The van der Waals surface area contributed by atoms with E-state index in [4.69, 9.17) is 5.73 Å². The van der Waals surface area contributed by atoms with Gasteiger partial charge in [-0.25, -0.2) is 4.39 Å². The van der Waals surface area contributed by atoms with Crippen molar-refractivity contribution in [2.45, 2.75) is 13.0 Å². The lowest BCUT2D eigenvalue weighted by Crippen LogP contribution is -2.13. The summed E-state index contributed by atoms with van der Waals surface area (Å²) in [7, 11) is 0. The minimum absolute atomic E-state index is 0.254. The molecule has 0 aliphatic rings. The van der Waals surface area contributed by atoms with Crippen molar-refractivity contribution in [3.63, 3.8) is 0 Å². The second-order valence-corrected chi connectivity index (χ2v) is 3.91. The first-order valence-electron chi connectivity index (χ1n) is 5.25. The molecule has 0 aliphatic heterocycles. The highest BCUT2D eigenvalue weighted by Crippen LogP contribution is 2.22. The summed E-state index contributed by atoms with van der Waals surface area (Å²) in [6, 6.07) is 14.1. The summed E-state index contributed by atoms with van der Waals surface area (Å²) in [5, 5.41) is 0. The smallest absolute Gasteiger partial charge is 0.128 e. The molecular formula is C14H14FN. The summed E-state index contributed by atoms with van der Waals surface area (Å²) in [5.74, 6) is -0.254. The molecule has 82 valence electrons. The molecule has 1 nitrogen and oxygen atoms in total. The minimum Gasteiger partial charge on any atom is -0.320 e. The van der Waals surface area contributed by atoms with Gasteiger partial charge in [-0.3, -0.25) is 0 Å². The summed E-state index contributed by atoms with van der Waals surface area (Å²) in [6.07, 6.45) is 0. The minimum atomic E-state index is -0.401. The Hall–Kier alpha value is -1.67. The van der Waals surface area contributed by atoms with Gasteiger partial charge in [-0.1, -0.05) is 48.0 Å². The molecule has 0 aromatic heterocycles. The molecule has 0 heterocycles. The van der Waals surface area contributed by atoms with Gasteiger partial charge in [-0.15, -0.1) is 0 Å². The molecule has 0 bridgehead atoms. The zero-order valence-corrected chi connectivity index (χ0v) is 9.15. The molecule has 2 rings (SSSR count). The Morgan fingerprint density at radius 3 is 2.25 bits per heavy atom. The van der Waals surface area contributed by atoms with Crippen molar-refractivity contribution in [2.75, 3.05) is 0 Å². The van der Waals surface area contributed by atoms with Crippen LogP contribution in [0.5, 0.6) is 0 Å². The lowest BCUT2D eigenvalue weighted by molar-refractivity contribution is 0.599. The van der Waals surface area contributed by atoms with E-state index in [0.717, 1.165) is 5.56 Å². The molecule has 2 aromatic carbocycles. The predicted molar refractivity (Wildman–Crippen MR) is 63.6 cm³/mol. The topological polar surface area (TPSA) is 26.0 Å². The average Bonchev–Trinajstić information content (AvgIpc) is 2.30. The number of halogens is 1. The Bertz CT molecular complexity index is 476. The van der Waals surface area contributed by atoms with Gasteiger partial charge in [0.15, 0.2) is 0 Å². The van der Waals surface area contributed by atoms with Gasteiger partial charge in [0.2, 0.25) is 0 Å². The van der Waals surface area contributed by atoms with Crippen LogP contribution >= 0.6 is 0 Å². The molecule has 0 fully saturated rings. The van der Waals surface area contributed by atoms with Gasteiger partial charge in [-0.05, 0) is 18.6 Å². The Morgan fingerprint density at radius 2 is 1.62 bits per heavy atom. The summed E-state index contributed by atoms with van der Waals surface area (Å²) < 4.78 is 13.5. The van der Waals surface area contributed by atoms with E-state index in [1.807, 2.05) is 31.2 Å². The number of aryl methyl sites for hydroxylation is 1. The fraction of sp³-hybridized carbons (Fsp3) is 0.143. The molecule has 0 saturated carbocycles. The Morgan fingerprint density at radius 1 is 1.00 bits per heavy atom. The second kappa shape index (κ2) is 4.45. The number of hydrogen-bond acceptors (Lipinski definition) is 1. The maximum absolute atomic E-state index is 13.5. The standard InChI is InChI=1S/C14H14FN/c1-10-6-8-11(9-7-10)14(16)12-4-2-3-5-13(12)15/h2-9,14H,16H2,1H3/t14-/m1/s1. The molecular weight excluding hydrogens is 201 g/mol. The highest BCUT2D eigenvalue weighted by atomic mass is 19.1. The zero-order chi connectivity index (χ0) is 11.5. The third kappa shape index (κ3) is 2.12. The number of nitrogens with two attached hydrogens (primary N) is 1. The molecule has 0 aliphatic carbocycles. The van der Waals surface area contributed by atoms with Crippen molar-refractivity contribution in [1.82, 2.24) is 0 Å². The van der Waals surface area contributed by atoms with Crippen LogP contribution < -0.4 is 5.73 Å². The van der Waals surface area contributed by atoms with E-state index in [1.54, 1.807) is 18.2 Å². The van der Waals surface area contributed by atoms with Crippen LogP contribution in [0.3, 0.4) is 0 Å². The summed E-state index contributed by atoms with van der Waals surface area (Å²) in [5.41, 5.74) is 8.66. The van der Waals surface area contributed by atoms with E-state index < -0.39 is 6.04 Å². The predicted octanol–water partition coefficient (Wildman–Crippen LogP) is 3.18. The van der Waals surface area contributed by atoms with Crippen LogP contribution in [0.25, 0.3) is 0 Å². The highest BCUT2D eigenvalue weighted by Gasteiger charge is 2.12. The van der Waals surface area contributed by atoms with Crippen molar-refractivity contribution in [3.05, 3.63) is 71.0 Å². The Balaban J connectivity index is 2.35. The van der Waals surface area contributed by atoms with Gasteiger partial charge in [0.1, 0.15) is 5.82 Å². The quantitative estimate of drug-likeness (QED) is 0.818. The largest absolute Gasteiger partial charge is 0.320 e. The lowest BCUT2D eigenvalue weighted by Gasteiger charge is -2.13. The monoisotopic (exact) mass is 215 g/mol. The van der Waals surface area contributed by atoms with E-state index in [1.165, 1.54) is 11.6 Å². The van der Waals surface area contributed by atoms with Crippen LogP contribution in [0.15, 0.2) is 48.5 Å². The fourth-order valence-electron chi connectivity index (χ4n) is 1.68. The lowest BCUT2D eigenvalue weighted by atomic mass is 9.98. The summed E-state index contributed by atoms with van der Waals surface area (Å²) in [6.45, 7) is 2.01. The molecule has 0 radical (unpaired) electrons. The second-order valence-electron chi connectivity index (χ2n) is 3.91. The summed E-state index contributed by atoms with van der Waals surface area (Å²) >= 11 is 0. The van der Waals surface area contributed by atoms with Gasteiger partial charge in [0.25, 0.3) is 0 Å². The SMILES string of the molecule is Cc1ccc([C@@H](N)c2ccccc2F)cc1. The molecule has 2 heteroatoms. The number of rotatable bonds is 2. The van der Waals surface area contributed by atoms with Crippen LogP contribution in [0.4, 0.5) is 4.39 Å². The van der Waals surface area contributed by atoms with E-state index in [0.29, 0.717) is 5.56 Å². The molecule has 0 saturated heterocycles. The van der Waals surface area contributed by atoms with Crippen molar-refractivity contribution in [3.8, 4) is 0 Å². The van der Waals surface area contributed by atoms with Crippen LogP contribution in [0.2, 0.25) is 0 Å². The van der Waals surface area contributed by atoms with Crippen molar-refractivity contribution >= 4 is 0 Å². The van der Waals surface area contributed by atoms with Crippen LogP contribution in [0.1, 0.15) is 22.7 Å². The average molecular weight is 215 g/mol.